The van der Waals surface area contributed by atoms with Crippen molar-refractivity contribution in [1.82, 2.24) is 9.29 Å². The predicted octanol–water partition coefficient (Wildman–Crippen LogP) is 3.41. The van der Waals surface area contributed by atoms with E-state index in [1.807, 2.05) is 0 Å². The average molecular weight is 433 g/mol. The lowest BCUT2D eigenvalue weighted by atomic mass is 10.2. The first kappa shape index (κ1) is 21.3. The summed E-state index contributed by atoms with van der Waals surface area (Å²) < 4.78 is 46.1. The van der Waals surface area contributed by atoms with Gasteiger partial charge in [-0.15, -0.1) is 0 Å². The Bertz CT molecular complexity index is 1190. The molecule has 0 saturated carbocycles. The number of anilines is 1. The lowest BCUT2D eigenvalue weighted by Crippen LogP contribution is -2.31. The largest absolute Gasteiger partial charge is 0.449 e. The highest BCUT2D eigenvalue weighted by Gasteiger charge is 2.20. The monoisotopic (exact) mass is 433 g/mol. The number of nitrogens with zero attached hydrogens (tertiary/aromatic N) is 1. The van der Waals surface area contributed by atoms with Crippen LogP contribution >= 0.6 is 0 Å². The van der Waals surface area contributed by atoms with Crippen molar-refractivity contribution in [3.8, 4) is 0 Å². The molecule has 158 valence electrons. The van der Waals surface area contributed by atoms with Gasteiger partial charge in [0.05, 0.1) is 17.0 Å². The molecular weight excluding hydrogens is 413 g/mol. The molecule has 1 atom stereocenters. The third kappa shape index (κ3) is 4.43. The number of ether oxygens (including phenoxy) is 1. The number of carbonyl (C=O) groups excluding carboxylic acids is 2. The molecule has 3 aromatic rings. The van der Waals surface area contributed by atoms with E-state index in [1.54, 1.807) is 47.5 Å². The fourth-order valence-corrected chi connectivity index (χ4v) is 3.80. The maximum Gasteiger partial charge on any atom is 0.421 e. The van der Waals surface area contributed by atoms with Crippen LogP contribution in [0, 0.1) is 5.82 Å². The zero-order chi connectivity index (χ0) is 21.9. The zero-order valence-corrected chi connectivity index (χ0v) is 17.1. The molecule has 30 heavy (non-hydrogen) atoms. The molecule has 8 nitrogen and oxygen atoms in total. The molecular formula is C20H20FN3O5S. The number of benzene rings is 2. The van der Waals surface area contributed by atoms with E-state index in [4.69, 9.17) is 0 Å². The van der Waals surface area contributed by atoms with Crippen LogP contribution in [0.15, 0.2) is 59.6 Å². The second-order valence-electron chi connectivity index (χ2n) is 6.41. The number of sulfonamides is 1. The fourth-order valence-electron chi connectivity index (χ4n) is 2.91. The quantitative estimate of drug-likeness (QED) is 0.620. The molecule has 0 saturated heterocycles. The topological polar surface area (TPSA) is 106 Å². The summed E-state index contributed by atoms with van der Waals surface area (Å²) in [4.78, 5) is 23.8. The summed E-state index contributed by atoms with van der Waals surface area (Å²) in [6, 6.07) is 10.9. The van der Waals surface area contributed by atoms with E-state index in [0.29, 0.717) is 16.6 Å². The molecule has 1 heterocycles. The Morgan fingerprint density at radius 2 is 1.83 bits per heavy atom. The highest BCUT2D eigenvalue weighted by Crippen LogP contribution is 2.23. The molecule has 0 bridgehead atoms. The van der Waals surface area contributed by atoms with Crippen LogP contribution in [-0.2, 0) is 19.6 Å². The van der Waals surface area contributed by atoms with Gasteiger partial charge >= 0.3 is 6.09 Å². The Kier molecular flexibility index (Phi) is 6.06. The Hall–Kier alpha value is -3.40. The molecule has 2 N–H and O–H groups in total. The molecule has 0 fully saturated rings. The van der Waals surface area contributed by atoms with Crippen molar-refractivity contribution in [2.24, 2.45) is 0 Å². The van der Waals surface area contributed by atoms with E-state index in [9.17, 15) is 22.4 Å². The van der Waals surface area contributed by atoms with E-state index in [1.165, 1.54) is 30.3 Å². The maximum atomic E-state index is 13.9. The summed E-state index contributed by atoms with van der Waals surface area (Å²) in [5, 5.41) is 3.11. The van der Waals surface area contributed by atoms with Gasteiger partial charge in [-0.25, -0.2) is 22.3 Å². The molecule has 3 rings (SSSR count). The highest BCUT2D eigenvalue weighted by molar-refractivity contribution is 7.90. The lowest BCUT2D eigenvalue weighted by molar-refractivity contribution is -0.118. The number of fused-ring (bicyclic) bond motifs is 1. The average Bonchev–Trinajstić information content (AvgIpc) is 3.13. The standard InChI is InChI=1S/C20H20FN3O5S/c1-3-29-20(26)23-30(27,28)15-9-7-14(8-10-15)22-19(25)13(2)24-12-11-16-17(21)5-4-6-18(16)24/h4-13H,3H2,1-2H3,(H,22,25)(H,23,26). The number of nitrogens with one attached hydrogen (secondary N) is 2. The van der Waals surface area contributed by atoms with Crippen molar-refractivity contribution in [2.45, 2.75) is 24.8 Å². The van der Waals surface area contributed by atoms with E-state index < -0.39 is 22.2 Å². The van der Waals surface area contributed by atoms with Crippen LogP contribution in [0.25, 0.3) is 10.9 Å². The van der Waals surface area contributed by atoms with Crippen molar-refractivity contribution in [3.05, 3.63) is 60.5 Å². The summed E-state index contributed by atoms with van der Waals surface area (Å²) in [5.41, 5.74) is 0.953. The Morgan fingerprint density at radius 3 is 2.50 bits per heavy atom. The molecule has 0 radical (unpaired) electrons. The van der Waals surface area contributed by atoms with Gasteiger partial charge < -0.3 is 14.6 Å². The van der Waals surface area contributed by atoms with Crippen LogP contribution < -0.4 is 10.0 Å². The number of aromatic nitrogens is 1. The number of carbonyl (C=O) groups is 2. The van der Waals surface area contributed by atoms with Crippen molar-refractivity contribution in [2.75, 3.05) is 11.9 Å². The Balaban J connectivity index is 1.72. The van der Waals surface area contributed by atoms with Crippen molar-refractivity contribution >= 4 is 38.6 Å². The van der Waals surface area contributed by atoms with Crippen molar-refractivity contribution in [3.63, 3.8) is 0 Å². The van der Waals surface area contributed by atoms with Gasteiger partial charge in [0.1, 0.15) is 11.9 Å². The first-order valence-electron chi connectivity index (χ1n) is 9.08. The summed E-state index contributed by atoms with van der Waals surface area (Å²) in [7, 11) is -4.08. The summed E-state index contributed by atoms with van der Waals surface area (Å²) in [6.07, 6.45) is 0.563. The van der Waals surface area contributed by atoms with E-state index >= 15 is 0 Å². The summed E-state index contributed by atoms with van der Waals surface area (Å²) in [5.74, 6) is -0.732. The molecule has 0 aliphatic rings. The minimum Gasteiger partial charge on any atom is -0.449 e. The predicted molar refractivity (Wildman–Crippen MR) is 109 cm³/mol. The number of amides is 2. The smallest absolute Gasteiger partial charge is 0.421 e. The number of hydrogen-bond acceptors (Lipinski definition) is 5. The van der Waals surface area contributed by atoms with Gasteiger partial charge in [-0.1, -0.05) is 6.07 Å². The highest BCUT2D eigenvalue weighted by atomic mass is 32.2. The molecule has 10 heteroatoms. The first-order chi connectivity index (χ1) is 14.2. The van der Waals surface area contributed by atoms with Gasteiger partial charge in [-0.2, -0.15) is 0 Å². The number of rotatable bonds is 6. The third-order valence-corrected chi connectivity index (χ3v) is 5.76. The molecule has 0 spiro atoms. The van der Waals surface area contributed by atoms with Gasteiger partial charge in [0.25, 0.3) is 10.0 Å². The summed E-state index contributed by atoms with van der Waals surface area (Å²) in [6.45, 7) is 3.26. The zero-order valence-electron chi connectivity index (χ0n) is 16.3. The fraction of sp³-hybridized carbons (Fsp3) is 0.200. The van der Waals surface area contributed by atoms with Gasteiger partial charge in [0.2, 0.25) is 5.91 Å². The van der Waals surface area contributed by atoms with Crippen LogP contribution in [0.4, 0.5) is 14.9 Å². The van der Waals surface area contributed by atoms with Crippen LogP contribution in [0.2, 0.25) is 0 Å². The van der Waals surface area contributed by atoms with Crippen LogP contribution in [0.3, 0.4) is 0 Å². The summed E-state index contributed by atoms with van der Waals surface area (Å²) >= 11 is 0. The molecule has 0 aliphatic heterocycles. The number of hydrogen-bond donors (Lipinski definition) is 2. The van der Waals surface area contributed by atoms with Gasteiger partial charge in [-0.05, 0) is 56.3 Å². The Morgan fingerprint density at radius 1 is 1.13 bits per heavy atom. The minimum atomic E-state index is -4.08. The second-order valence-corrected chi connectivity index (χ2v) is 8.09. The van der Waals surface area contributed by atoms with Crippen LogP contribution in [0.5, 0.6) is 0 Å². The van der Waals surface area contributed by atoms with Crippen LogP contribution in [-0.4, -0.2) is 31.6 Å². The van der Waals surface area contributed by atoms with E-state index in [2.05, 4.69) is 10.1 Å². The van der Waals surface area contributed by atoms with E-state index in [-0.39, 0.29) is 23.2 Å². The minimum absolute atomic E-state index is 0.0355. The molecule has 1 aromatic heterocycles. The van der Waals surface area contributed by atoms with Gasteiger partial charge in [0, 0.05) is 17.3 Å². The molecule has 1 unspecified atom stereocenters. The normalized spacial score (nSPS) is 12.4. The second kappa shape index (κ2) is 8.54. The first-order valence-corrected chi connectivity index (χ1v) is 10.6. The van der Waals surface area contributed by atoms with Crippen molar-refractivity contribution < 1.29 is 27.1 Å². The van der Waals surface area contributed by atoms with E-state index in [0.717, 1.165) is 0 Å². The molecule has 2 amide bonds. The van der Waals surface area contributed by atoms with Crippen molar-refractivity contribution in [1.29, 1.82) is 0 Å². The Labute approximate surface area is 172 Å². The molecule has 0 aliphatic carbocycles. The third-order valence-electron chi connectivity index (χ3n) is 4.43. The molecule has 2 aromatic carbocycles. The maximum absolute atomic E-state index is 13.9. The van der Waals surface area contributed by atoms with Gasteiger partial charge in [0.15, 0.2) is 0 Å². The lowest BCUT2D eigenvalue weighted by Gasteiger charge is -2.16. The van der Waals surface area contributed by atoms with Crippen LogP contribution in [0.1, 0.15) is 19.9 Å². The SMILES string of the molecule is CCOC(=O)NS(=O)(=O)c1ccc(NC(=O)C(C)n2ccc3c(F)cccc32)cc1. The van der Waals surface area contributed by atoms with Gasteiger partial charge in [-0.3, -0.25) is 4.79 Å². The number of halogens is 1.